The van der Waals surface area contributed by atoms with Gasteiger partial charge in [-0.05, 0) is 31.6 Å². The predicted octanol–water partition coefficient (Wildman–Crippen LogP) is 5.42. The molecule has 0 spiro atoms. The Morgan fingerprint density at radius 2 is 1.61 bits per heavy atom. The molecule has 218 valence electrons. The quantitative estimate of drug-likeness (QED) is 0.0889. The lowest BCUT2D eigenvalue weighted by atomic mass is 9.77. The van der Waals surface area contributed by atoms with Crippen LogP contribution in [0.15, 0.2) is 48.6 Å². The van der Waals surface area contributed by atoms with E-state index >= 15 is 0 Å². The summed E-state index contributed by atoms with van der Waals surface area (Å²) in [6.45, 7) is 14.6. The van der Waals surface area contributed by atoms with Crippen molar-refractivity contribution in [2.75, 3.05) is 0 Å². The maximum absolute atomic E-state index is 11.4. The van der Waals surface area contributed by atoms with Gasteiger partial charge in [0.05, 0.1) is 18.3 Å². The summed E-state index contributed by atoms with van der Waals surface area (Å²) in [5.41, 5.74) is -0.883. The van der Waals surface area contributed by atoms with Crippen LogP contribution in [0.1, 0.15) is 80.1 Å². The molecule has 0 aromatic rings. The van der Waals surface area contributed by atoms with Crippen molar-refractivity contribution in [2.24, 2.45) is 35.5 Å². The zero-order valence-corrected chi connectivity index (χ0v) is 24.3. The molecule has 0 heterocycles. The molecule has 0 saturated heterocycles. The molecule has 9 atom stereocenters. The smallest absolute Gasteiger partial charge is 0.406 e. The molecule has 0 aromatic carbocycles. The van der Waals surface area contributed by atoms with Crippen molar-refractivity contribution >= 4 is 6.09 Å². The standard InChI is InChI=1S/C31H53NO6/c1-8-9-12-24(6)31(38,32-30(36)37)25(7)29(35)23(5)18-20(2)17-22(4)28(34)21(3)15-16-27(33)19-26-13-10-11-14-26/h8-9,12,15-17,21-29,32-35,38H,1,10-11,13-14,18-19H2,2-7H3,(H,36,37). The van der Waals surface area contributed by atoms with Crippen LogP contribution in [0.5, 0.6) is 0 Å². The van der Waals surface area contributed by atoms with Crippen LogP contribution < -0.4 is 5.32 Å². The third kappa shape index (κ3) is 10.7. The first-order chi connectivity index (χ1) is 17.7. The Bertz CT molecular complexity index is 817. The monoisotopic (exact) mass is 535 g/mol. The number of carbonyl (C=O) groups is 1. The van der Waals surface area contributed by atoms with Crippen molar-refractivity contribution in [3.63, 3.8) is 0 Å². The molecule has 9 unspecified atom stereocenters. The van der Waals surface area contributed by atoms with Crippen molar-refractivity contribution in [3.8, 4) is 0 Å². The first-order valence-corrected chi connectivity index (χ1v) is 14.1. The molecule has 0 aromatic heterocycles. The van der Waals surface area contributed by atoms with E-state index in [0.29, 0.717) is 12.3 Å². The summed E-state index contributed by atoms with van der Waals surface area (Å²) in [5.74, 6) is -1.34. The average molecular weight is 536 g/mol. The zero-order valence-electron chi connectivity index (χ0n) is 24.3. The van der Waals surface area contributed by atoms with Crippen LogP contribution in [0.4, 0.5) is 4.79 Å². The van der Waals surface area contributed by atoms with E-state index in [-0.39, 0.29) is 17.8 Å². The molecule has 0 radical (unpaired) electrons. The van der Waals surface area contributed by atoms with Gasteiger partial charge in [0.25, 0.3) is 0 Å². The highest BCUT2D eigenvalue weighted by atomic mass is 16.4. The van der Waals surface area contributed by atoms with Crippen LogP contribution in [0, 0.1) is 35.5 Å². The number of amides is 1. The van der Waals surface area contributed by atoms with E-state index in [4.69, 9.17) is 0 Å². The lowest BCUT2D eigenvalue weighted by Gasteiger charge is -2.41. The second kappa shape index (κ2) is 16.2. The minimum absolute atomic E-state index is 0.127. The van der Waals surface area contributed by atoms with Gasteiger partial charge in [-0.3, -0.25) is 5.32 Å². The number of hydrogen-bond donors (Lipinski definition) is 6. The van der Waals surface area contributed by atoms with E-state index < -0.39 is 42.0 Å². The lowest BCUT2D eigenvalue weighted by molar-refractivity contribution is -0.116. The van der Waals surface area contributed by atoms with Gasteiger partial charge in [0.15, 0.2) is 5.72 Å². The maximum atomic E-state index is 11.4. The Morgan fingerprint density at radius 3 is 2.16 bits per heavy atom. The fourth-order valence-electron chi connectivity index (χ4n) is 5.77. The Labute approximate surface area is 230 Å². The normalized spacial score (nSPS) is 23.4. The van der Waals surface area contributed by atoms with E-state index in [1.54, 1.807) is 32.1 Å². The number of aliphatic hydroxyl groups is 4. The fraction of sp³-hybridized carbons (Fsp3) is 0.710. The van der Waals surface area contributed by atoms with Crippen molar-refractivity contribution < 1.29 is 30.3 Å². The van der Waals surface area contributed by atoms with Crippen LogP contribution >= 0.6 is 0 Å². The first-order valence-electron chi connectivity index (χ1n) is 14.1. The molecular weight excluding hydrogens is 482 g/mol. The number of nitrogens with one attached hydrogen (secondary N) is 1. The van der Waals surface area contributed by atoms with E-state index in [1.807, 2.05) is 45.9 Å². The molecule has 7 heteroatoms. The highest BCUT2D eigenvalue weighted by Gasteiger charge is 2.44. The van der Waals surface area contributed by atoms with E-state index in [1.165, 1.54) is 25.7 Å². The predicted molar refractivity (Wildman–Crippen MR) is 153 cm³/mol. The molecule has 1 aliphatic rings. The summed E-state index contributed by atoms with van der Waals surface area (Å²) in [6, 6.07) is 0. The maximum Gasteiger partial charge on any atom is 0.406 e. The van der Waals surface area contributed by atoms with Gasteiger partial charge in [-0.15, -0.1) is 0 Å². The van der Waals surface area contributed by atoms with Crippen molar-refractivity contribution in [1.82, 2.24) is 5.32 Å². The van der Waals surface area contributed by atoms with Crippen molar-refractivity contribution in [2.45, 2.75) is 104 Å². The topological polar surface area (TPSA) is 130 Å². The molecule has 6 N–H and O–H groups in total. The van der Waals surface area contributed by atoms with E-state index in [9.17, 15) is 30.3 Å². The number of aliphatic hydroxyl groups excluding tert-OH is 3. The number of carboxylic acid groups (broad SMARTS) is 1. The van der Waals surface area contributed by atoms with E-state index in [0.717, 1.165) is 12.0 Å². The zero-order chi connectivity index (χ0) is 29.0. The molecule has 0 aliphatic heterocycles. The van der Waals surface area contributed by atoms with Gasteiger partial charge in [0.1, 0.15) is 0 Å². The Kier molecular flexibility index (Phi) is 14.6. The van der Waals surface area contributed by atoms with Gasteiger partial charge in [-0.25, -0.2) is 4.79 Å². The first kappa shape index (κ1) is 34.1. The summed E-state index contributed by atoms with van der Waals surface area (Å²) in [7, 11) is 0. The molecule has 1 aliphatic carbocycles. The SMILES string of the molecule is C=CC=CC(C)C(O)(NC(=O)O)C(C)C(O)C(C)CC(C)=CC(C)C(O)C(C)C=CC(O)CC1CCCC1. The van der Waals surface area contributed by atoms with Crippen LogP contribution in [0.3, 0.4) is 0 Å². The van der Waals surface area contributed by atoms with Crippen molar-refractivity contribution in [3.05, 3.63) is 48.6 Å². The molecule has 1 saturated carbocycles. The number of rotatable bonds is 16. The third-order valence-corrected chi connectivity index (χ3v) is 8.28. The molecule has 0 bridgehead atoms. The highest BCUT2D eigenvalue weighted by molar-refractivity contribution is 5.65. The summed E-state index contributed by atoms with van der Waals surface area (Å²) in [5, 5.41) is 55.0. The minimum atomic E-state index is -1.87. The van der Waals surface area contributed by atoms with Crippen LogP contribution in [0.2, 0.25) is 0 Å². The van der Waals surface area contributed by atoms with Crippen molar-refractivity contribution in [1.29, 1.82) is 0 Å². The van der Waals surface area contributed by atoms with Gasteiger partial charge < -0.3 is 25.5 Å². The molecule has 1 fully saturated rings. The highest BCUT2D eigenvalue weighted by Crippen LogP contribution is 2.33. The Morgan fingerprint density at radius 1 is 1.00 bits per heavy atom. The average Bonchev–Trinajstić information content (AvgIpc) is 3.36. The second-order valence-corrected chi connectivity index (χ2v) is 11.7. The lowest BCUT2D eigenvalue weighted by Crippen LogP contribution is -2.60. The molecular formula is C31H53NO6. The summed E-state index contributed by atoms with van der Waals surface area (Å²) < 4.78 is 0. The minimum Gasteiger partial charge on any atom is -0.465 e. The largest absolute Gasteiger partial charge is 0.465 e. The molecule has 1 amide bonds. The fourth-order valence-corrected chi connectivity index (χ4v) is 5.77. The van der Waals surface area contributed by atoms with Gasteiger partial charge in [0.2, 0.25) is 0 Å². The van der Waals surface area contributed by atoms with Gasteiger partial charge >= 0.3 is 6.09 Å². The molecule has 1 rings (SSSR count). The second-order valence-electron chi connectivity index (χ2n) is 11.7. The molecule has 7 nitrogen and oxygen atoms in total. The Hall–Kier alpha value is -1.93. The van der Waals surface area contributed by atoms with Gasteiger partial charge in [0, 0.05) is 23.7 Å². The summed E-state index contributed by atoms with van der Waals surface area (Å²) >= 11 is 0. The number of hydrogen-bond acceptors (Lipinski definition) is 5. The van der Waals surface area contributed by atoms with Crippen LogP contribution in [-0.4, -0.2) is 55.7 Å². The number of allylic oxidation sites excluding steroid dienone is 3. The van der Waals surface area contributed by atoms with Gasteiger partial charge in [-0.2, -0.15) is 0 Å². The van der Waals surface area contributed by atoms with Gasteiger partial charge in [-0.1, -0.05) is 109 Å². The van der Waals surface area contributed by atoms with Crippen LogP contribution in [-0.2, 0) is 0 Å². The Balaban J connectivity index is 2.78. The van der Waals surface area contributed by atoms with Crippen LogP contribution in [0.25, 0.3) is 0 Å². The third-order valence-electron chi connectivity index (χ3n) is 8.28. The molecule has 38 heavy (non-hydrogen) atoms. The van der Waals surface area contributed by atoms with E-state index in [2.05, 4.69) is 11.9 Å². The summed E-state index contributed by atoms with van der Waals surface area (Å²) in [6.07, 6.45) is 13.3. The summed E-state index contributed by atoms with van der Waals surface area (Å²) in [4.78, 5) is 11.4.